The number of carbonyl (C=O) groups is 1. The van der Waals surface area contributed by atoms with Crippen molar-refractivity contribution in [1.29, 1.82) is 0 Å². The predicted molar refractivity (Wildman–Crippen MR) is 125 cm³/mol. The molecule has 1 amide bonds. The van der Waals surface area contributed by atoms with Crippen LogP contribution in [0.1, 0.15) is 61.5 Å². The minimum absolute atomic E-state index is 0.145. The highest BCUT2D eigenvalue weighted by Crippen LogP contribution is 2.41. The van der Waals surface area contributed by atoms with Gasteiger partial charge in [0.1, 0.15) is 0 Å². The number of amides is 1. The van der Waals surface area contributed by atoms with Crippen LogP contribution in [0, 0.1) is 0 Å². The van der Waals surface area contributed by atoms with E-state index in [1.807, 2.05) is 4.90 Å². The molecule has 7 heteroatoms. The highest BCUT2D eigenvalue weighted by atomic mass is 79.9. The molecule has 0 atom stereocenters. The Kier molecular flexibility index (Phi) is 5.82. The van der Waals surface area contributed by atoms with Crippen LogP contribution >= 0.6 is 15.9 Å². The third kappa shape index (κ3) is 3.80. The van der Waals surface area contributed by atoms with Crippen molar-refractivity contribution in [3.05, 3.63) is 39.0 Å². The van der Waals surface area contributed by atoms with Crippen molar-refractivity contribution in [2.24, 2.45) is 0 Å². The molecule has 0 N–H and O–H groups in total. The summed E-state index contributed by atoms with van der Waals surface area (Å²) in [5, 5.41) is 5.25. The lowest BCUT2D eigenvalue weighted by Crippen LogP contribution is -2.36. The van der Waals surface area contributed by atoms with Crippen LogP contribution in [0.2, 0.25) is 0 Å². The van der Waals surface area contributed by atoms with Crippen molar-refractivity contribution in [1.82, 2.24) is 14.7 Å². The van der Waals surface area contributed by atoms with Gasteiger partial charge in [0.25, 0.3) is 0 Å². The number of halogens is 1. The van der Waals surface area contributed by atoms with Gasteiger partial charge in [-0.1, -0.05) is 22.9 Å². The van der Waals surface area contributed by atoms with Gasteiger partial charge in [-0.2, -0.15) is 5.10 Å². The Morgan fingerprint density at radius 3 is 2.77 bits per heavy atom. The lowest BCUT2D eigenvalue weighted by molar-refractivity contribution is -0.129. The molecular formula is C24H31BrN4O2. The third-order valence-electron chi connectivity index (χ3n) is 7.05. The van der Waals surface area contributed by atoms with Gasteiger partial charge in [0.15, 0.2) is 5.82 Å². The standard InChI is InChI=1S/C24H31BrN4O2/c1-3-17-14-23-18(13-21(17)25)5-4-9-28(23)24-20-15-27(16(2)30)10-6-22(20)29(26-24)19-7-11-31-12-8-19/h13-14,19H,3-12,15H2,1-2H3. The number of carbonyl (C=O) groups excluding carboxylic acids is 1. The van der Waals surface area contributed by atoms with Crippen molar-refractivity contribution < 1.29 is 9.53 Å². The van der Waals surface area contributed by atoms with Crippen molar-refractivity contribution in [2.75, 3.05) is 31.2 Å². The van der Waals surface area contributed by atoms with Crippen molar-refractivity contribution in [3.63, 3.8) is 0 Å². The van der Waals surface area contributed by atoms with Gasteiger partial charge in [-0.3, -0.25) is 9.48 Å². The number of ether oxygens (including phenoxy) is 1. The van der Waals surface area contributed by atoms with E-state index in [0.29, 0.717) is 12.6 Å². The highest BCUT2D eigenvalue weighted by molar-refractivity contribution is 9.10. The molecule has 2 aromatic rings. The number of hydrogen-bond acceptors (Lipinski definition) is 4. The number of aromatic nitrogens is 2. The Hall–Kier alpha value is -1.86. The van der Waals surface area contributed by atoms with E-state index in [0.717, 1.165) is 70.6 Å². The van der Waals surface area contributed by atoms with E-state index in [9.17, 15) is 4.79 Å². The van der Waals surface area contributed by atoms with Gasteiger partial charge in [-0.25, -0.2) is 0 Å². The zero-order valence-corrected chi connectivity index (χ0v) is 20.1. The lowest BCUT2D eigenvalue weighted by atomic mass is 9.97. The van der Waals surface area contributed by atoms with E-state index in [4.69, 9.17) is 9.84 Å². The van der Waals surface area contributed by atoms with E-state index < -0.39 is 0 Å². The molecule has 166 valence electrons. The van der Waals surface area contributed by atoms with Crippen LogP contribution in [0.4, 0.5) is 11.5 Å². The largest absolute Gasteiger partial charge is 0.381 e. The fraction of sp³-hybridized carbons (Fsp3) is 0.583. The number of nitrogens with zero attached hydrogens (tertiary/aromatic N) is 4. The first kappa shape index (κ1) is 21.0. The Labute approximate surface area is 192 Å². The second-order valence-corrected chi connectivity index (χ2v) is 9.76. The van der Waals surface area contributed by atoms with E-state index in [1.165, 1.54) is 32.5 Å². The summed E-state index contributed by atoms with van der Waals surface area (Å²) in [5.74, 6) is 1.20. The Morgan fingerprint density at radius 2 is 2.03 bits per heavy atom. The van der Waals surface area contributed by atoms with E-state index >= 15 is 0 Å². The molecule has 0 radical (unpaired) electrons. The number of fused-ring (bicyclic) bond motifs is 2. The summed E-state index contributed by atoms with van der Waals surface area (Å²) in [5.41, 5.74) is 6.55. The number of hydrogen-bond donors (Lipinski definition) is 0. The predicted octanol–water partition coefficient (Wildman–Crippen LogP) is 4.55. The molecule has 6 nitrogen and oxygen atoms in total. The second-order valence-electron chi connectivity index (χ2n) is 8.91. The fourth-order valence-electron chi connectivity index (χ4n) is 5.28. The molecule has 5 rings (SSSR count). The van der Waals surface area contributed by atoms with Gasteiger partial charge in [-0.05, 0) is 55.4 Å². The van der Waals surface area contributed by atoms with Crippen LogP contribution in [0.15, 0.2) is 16.6 Å². The first-order valence-electron chi connectivity index (χ1n) is 11.6. The van der Waals surface area contributed by atoms with Gasteiger partial charge >= 0.3 is 0 Å². The molecule has 4 heterocycles. The molecule has 0 bridgehead atoms. The smallest absolute Gasteiger partial charge is 0.219 e. The van der Waals surface area contributed by atoms with Crippen molar-refractivity contribution in [2.45, 2.75) is 65.0 Å². The Bertz CT molecular complexity index is 996. The van der Waals surface area contributed by atoms with E-state index in [1.54, 1.807) is 6.92 Å². The van der Waals surface area contributed by atoms with Crippen LogP contribution in [-0.4, -0.2) is 46.9 Å². The molecule has 1 aromatic heterocycles. The fourth-order valence-corrected chi connectivity index (χ4v) is 5.95. The number of benzene rings is 1. The quantitative estimate of drug-likeness (QED) is 0.638. The molecule has 1 saturated heterocycles. The van der Waals surface area contributed by atoms with E-state index in [-0.39, 0.29) is 5.91 Å². The van der Waals surface area contributed by atoms with Crippen LogP contribution in [0.5, 0.6) is 0 Å². The first-order valence-corrected chi connectivity index (χ1v) is 12.4. The molecule has 3 aliphatic rings. The number of rotatable bonds is 3. The maximum atomic E-state index is 12.2. The van der Waals surface area contributed by atoms with Crippen molar-refractivity contribution in [3.8, 4) is 0 Å². The lowest BCUT2D eigenvalue weighted by Gasteiger charge is -2.33. The molecule has 0 unspecified atom stereocenters. The molecule has 31 heavy (non-hydrogen) atoms. The monoisotopic (exact) mass is 486 g/mol. The summed E-state index contributed by atoms with van der Waals surface area (Å²) < 4.78 is 9.10. The summed E-state index contributed by atoms with van der Waals surface area (Å²) in [6, 6.07) is 5.02. The molecule has 1 fully saturated rings. The van der Waals surface area contributed by atoms with Crippen LogP contribution < -0.4 is 4.90 Å². The molecule has 3 aliphatic heterocycles. The zero-order valence-electron chi connectivity index (χ0n) is 18.5. The third-order valence-corrected chi connectivity index (χ3v) is 7.79. The summed E-state index contributed by atoms with van der Waals surface area (Å²) in [6.45, 7) is 7.88. The van der Waals surface area contributed by atoms with Crippen LogP contribution in [0.25, 0.3) is 0 Å². The maximum absolute atomic E-state index is 12.2. The zero-order chi connectivity index (χ0) is 21.5. The summed E-state index contributed by atoms with van der Waals surface area (Å²) in [6.07, 6.45) is 6.09. The normalized spacial score (nSPS) is 19.3. The molecular weight excluding hydrogens is 456 g/mol. The van der Waals surface area contributed by atoms with Gasteiger partial charge < -0.3 is 14.5 Å². The topological polar surface area (TPSA) is 50.6 Å². The summed E-state index contributed by atoms with van der Waals surface area (Å²) in [7, 11) is 0. The molecule has 1 aromatic carbocycles. The van der Waals surface area contributed by atoms with Gasteiger partial charge in [-0.15, -0.1) is 0 Å². The minimum Gasteiger partial charge on any atom is -0.381 e. The molecule has 0 saturated carbocycles. The van der Waals surface area contributed by atoms with Crippen LogP contribution in [0.3, 0.4) is 0 Å². The Morgan fingerprint density at radius 1 is 1.23 bits per heavy atom. The second kappa shape index (κ2) is 8.58. The Balaban J connectivity index is 1.61. The number of anilines is 2. The molecule has 0 spiro atoms. The van der Waals surface area contributed by atoms with Gasteiger partial charge in [0.2, 0.25) is 5.91 Å². The van der Waals surface area contributed by atoms with Crippen LogP contribution in [-0.2, 0) is 35.3 Å². The summed E-state index contributed by atoms with van der Waals surface area (Å²) >= 11 is 3.76. The maximum Gasteiger partial charge on any atom is 0.219 e. The highest BCUT2D eigenvalue weighted by Gasteiger charge is 2.33. The average Bonchev–Trinajstić information content (AvgIpc) is 3.17. The van der Waals surface area contributed by atoms with E-state index in [2.05, 4.69) is 44.6 Å². The SMILES string of the molecule is CCc1cc2c(cc1Br)CCCN2c1nn(C2CCOCC2)c2c1CN(C(C)=O)CC2. The van der Waals surface area contributed by atoms with Crippen molar-refractivity contribution >= 4 is 33.3 Å². The minimum atomic E-state index is 0.145. The van der Waals surface area contributed by atoms with Gasteiger partial charge in [0.05, 0.1) is 12.6 Å². The average molecular weight is 487 g/mol. The molecule has 0 aliphatic carbocycles. The number of aryl methyl sites for hydroxylation is 2. The van der Waals surface area contributed by atoms with Gasteiger partial charge in [0, 0.05) is 61.1 Å². The first-order chi connectivity index (χ1) is 15.1. The summed E-state index contributed by atoms with van der Waals surface area (Å²) in [4.78, 5) is 16.6.